The molecule has 1 saturated heterocycles. The van der Waals surface area contributed by atoms with Crippen LogP contribution in [0.15, 0.2) is 23.9 Å². The molecule has 5 heterocycles. The average Bonchev–Trinajstić information content (AvgIpc) is 3.94. The Morgan fingerprint density at radius 3 is 2.38 bits per heavy atom. The molecule has 5 atom stereocenters. The first-order valence-corrected chi connectivity index (χ1v) is 21.9. The zero-order valence-electron chi connectivity index (χ0n) is 37.8. The van der Waals surface area contributed by atoms with E-state index in [2.05, 4.69) is 84.1 Å². The number of aliphatic hydroxyl groups is 1. The van der Waals surface area contributed by atoms with Crippen LogP contribution in [0.3, 0.4) is 0 Å². The Labute approximate surface area is 372 Å². The number of H-pyrrole nitrogens is 2. The fourth-order valence-corrected chi connectivity index (χ4v) is 9.56. The number of nitrogens with zero attached hydrogens (tertiary/aromatic N) is 2. The van der Waals surface area contributed by atoms with Gasteiger partial charge in [0.25, 0.3) is 0 Å². The molecule has 0 radical (unpaired) electrons. The van der Waals surface area contributed by atoms with Crippen LogP contribution in [0.2, 0.25) is 0 Å². The number of rotatable bonds is 16. The van der Waals surface area contributed by atoms with E-state index in [0.717, 1.165) is 81.1 Å². The van der Waals surface area contributed by atoms with Crippen molar-refractivity contribution in [1.82, 2.24) is 15.0 Å². The van der Waals surface area contributed by atoms with Crippen LogP contribution in [-0.2, 0) is 25.5 Å². The molecule has 3 aliphatic rings. The van der Waals surface area contributed by atoms with E-state index in [9.17, 15) is 14.7 Å². The first kappa shape index (κ1) is 46.9. The van der Waals surface area contributed by atoms with Crippen molar-refractivity contribution in [2.24, 2.45) is 29.6 Å². The first-order chi connectivity index (χ1) is 28.2. The third-order valence-corrected chi connectivity index (χ3v) is 13.2. The zero-order chi connectivity index (χ0) is 42.7. The van der Waals surface area contributed by atoms with Gasteiger partial charge < -0.3 is 34.8 Å². The molecule has 10 heteroatoms. The number of hydrogen-bond donors (Lipinski definition) is 3. The monoisotopic (exact) mass is 826 g/mol. The van der Waals surface area contributed by atoms with Gasteiger partial charge in [0.2, 0.25) is 0 Å². The smallest absolute Gasteiger partial charge is 0.681 e. The average molecular weight is 827 g/mol. The van der Waals surface area contributed by atoms with E-state index < -0.39 is 17.9 Å². The predicted molar refractivity (Wildman–Crippen MR) is 245 cm³/mol. The minimum atomic E-state index is -1.05. The molecular formula is C50H66MgN4O5. The van der Waals surface area contributed by atoms with Crippen molar-refractivity contribution in [1.29, 1.82) is 0 Å². The molecule has 0 aromatic carbocycles. The summed E-state index contributed by atoms with van der Waals surface area (Å²) in [4.78, 5) is 39.4. The summed E-state index contributed by atoms with van der Waals surface area (Å²) in [5, 5.41) is 20.3. The Morgan fingerprint density at radius 1 is 0.967 bits per heavy atom. The number of aromatic nitrogens is 3. The van der Waals surface area contributed by atoms with E-state index in [0.29, 0.717) is 28.3 Å². The van der Waals surface area contributed by atoms with Crippen molar-refractivity contribution in [2.75, 3.05) is 13.7 Å². The third kappa shape index (κ3) is 9.65. The summed E-state index contributed by atoms with van der Waals surface area (Å²) >= 11 is 0. The van der Waals surface area contributed by atoms with Crippen LogP contribution in [0, 0.1) is 50.4 Å². The predicted octanol–water partition coefficient (Wildman–Crippen LogP) is 7.59. The van der Waals surface area contributed by atoms with Crippen molar-refractivity contribution >= 4 is 70.6 Å². The van der Waals surface area contributed by atoms with E-state index in [4.69, 9.17) is 19.8 Å². The largest absolute Gasteiger partial charge is 2.00 e. The molecule has 60 heavy (non-hydrogen) atoms. The van der Waals surface area contributed by atoms with Crippen molar-refractivity contribution in [2.45, 2.75) is 126 Å². The second-order valence-corrected chi connectivity index (χ2v) is 17.7. The molecule has 0 spiro atoms. The van der Waals surface area contributed by atoms with Crippen LogP contribution in [0.1, 0.15) is 138 Å². The number of carbonyl (C=O) groups excluding carboxylic acids is 2. The number of aromatic amines is 2. The van der Waals surface area contributed by atoms with Crippen LogP contribution in [0.4, 0.5) is 0 Å². The van der Waals surface area contributed by atoms with E-state index >= 15 is 0 Å². The van der Waals surface area contributed by atoms with Crippen LogP contribution in [0.25, 0.3) is 41.0 Å². The van der Waals surface area contributed by atoms with Gasteiger partial charge in [-0.3, -0.25) is 9.59 Å². The van der Waals surface area contributed by atoms with E-state index in [1.54, 1.807) is 0 Å². The van der Waals surface area contributed by atoms with E-state index in [1.165, 1.54) is 43.9 Å². The fraction of sp³-hybridized carbons (Fsp3) is 0.520. The summed E-state index contributed by atoms with van der Waals surface area (Å²) in [6.45, 7) is 23.9. The Morgan fingerprint density at radius 2 is 1.70 bits per heavy atom. The third-order valence-electron chi connectivity index (χ3n) is 13.2. The van der Waals surface area contributed by atoms with Crippen LogP contribution in [0.5, 0.6) is 0 Å². The number of methoxy groups -OCH3 is 1. The first-order valence-electron chi connectivity index (χ1n) is 21.9. The zero-order valence-corrected chi connectivity index (χ0v) is 39.2. The van der Waals surface area contributed by atoms with Crippen LogP contribution in [-0.4, -0.2) is 69.8 Å². The van der Waals surface area contributed by atoms with Gasteiger partial charge in [0, 0.05) is 39.3 Å². The number of esters is 2. The van der Waals surface area contributed by atoms with Gasteiger partial charge in [-0.05, 0) is 106 Å². The van der Waals surface area contributed by atoms with Crippen molar-refractivity contribution in [3.05, 3.63) is 95.4 Å². The van der Waals surface area contributed by atoms with Crippen molar-refractivity contribution in [3.8, 4) is 0 Å². The molecule has 1 aliphatic carbocycles. The number of ether oxygens (including phenoxy) is 2. The summed E-state index contributed by atoms with van der Waals surface area (Å²) < 4.78 is 11.1. The molecule has 1 unspecified atom stereocenters. The number of allylic oxidation sites excluding steroid dienone is 2. The minimum Gasteiger partial charge on any atom is -0.681 e. The van der Waals surface area contributed by atoms with Gasteiger partial charge in [-0.25, -0.2) is 0 Å². The quantitative estimate of drug-likeness (QED) is 0.0775. The molecule has 8 bridgehead atoms. The summed E-state index contributed by atoms with van der Waals surface area (Å²) in [5.41, 5.74) is 10.4. The molecule has 1 fully saturated rings. The number of aliphatic hydroxyl groups excluding tert-OH is 1. The van der Waals surface area contributed by atoms with Gasteiger partial charge in [0.1, 0.15) is 18.3 Å². The van der Waals surface area contributed by atoms with Gasteiger partial charge in [0.15, 0.2) is 0 Å². The van der Waals surface area contributed by atoms with E-state index in [-0.39, 0.29) is 59.6 Å². The Hall–Kier alpha value is -4.15. The molecular weight excluding hydrogens is 761 g/mol. The van der Waals surface area contributed by atoms with Crippen molar-refractivity contribution < 1.29 is 24.2 Å². The molecule has 6 rings (SSSR count). The molecule has 0 saturated carbocycles. The van der Waals surface area contributed by atoms with Gasteiger partial charge in [0.05, 0.1) is 7.11 Å². The summed E-state index contributed by atoms with van der Waals surface area (Å²) in [6.07, 6.45) is 18.9. The number of carbonyl (C=O) groups is 2. The number of nitrogens with one attached hydrogen (secondary N) is 2. The summed E-state index contributed by atoms with van der Waals surface area (Å²) in [7, 11) is 1.34. The SMILES string of the molecule is C=Cc1c2[nH]c(c1C)/C=C1\[N-]C(C3=c4[n-]c(c(C)c4=C(O)[C@@H]3C(=O)OC)/C=c3\[nH]/c(c(C)c3CC)=C\2)[C@@H](CCC(=O)OC/C=C(\C)CCC[C@H](C)CCCC(C)C)[C@@H]1C.[Mg+2]. The molecule has 3 N–H and O–H groups in total. The summed E-state index contributed by atoms with van der Waals surface area (Å²) in [5.74, 6) is -0.751. The normalized spacial score (nSPS) is 21.9. The van der Waals surface area contributed by atoms with Gasteiger partial charge in [-0.2, -0.15) is 5.70 Å². The second-order valence-electron chi connectivity index (χ2n) is 17.7. The maximum atomic E-state index is 13.6. The molecule has 2 aliphatic heterocycles. The summed E-state index contributed by atoms with van der Waals surface area (Å²) in [6, 6.07) is -0.549. The Kier molecular flexibility index (Phi) is 15.7. The fourth-order valence-electron chi connectivity index (χ4n) is 9.56. The van der Waals surface area contributed by atoms with Crippen molar-refractivity contribution in [3.63, 3.8) is 0 Å². The Balaban J connectivity index is 0.00000683. The standard InChI is InChI=1S/C50H66N4O5.Mg/c1-12-34-30(7)37-24-39-32(9)36(20-21-43(55)59-23-22-29(6)19-15-18-28(5)17-14-16-27(3)4)47(53-39)45-46(50(57)58-11)49(56)44-33(10)40(54-48(44)45)26-42-35(13-2)31(8)38(52-42)25-41(34)51-37;/h12,22,24-28,32,36,46-47,51-52,56H,1,13-21,23H2,2-11H3;/q-2;+2/b29-22+,38-25-,39-24-,42-26-;/t28-,32+,36+,46-,47?;/m1./s1. The van der Waals surface area contributed by atoms with Gasteiger partial charge >= 0.3 is 35.0 Å². The number of fused-ring (bicyclic) bond motifs is 8. The Bertz CT molecular complexity index is 2410. The topological polar surface area (TPSA) is 133 Å². The maximum absolute atomic E-state index is 13.6. The molecule has 3 aromatic rings. The molecule has 9 nitrogen and oxygen atoms in total. The second kappa shape index (κ2) is 20.1. The molecule has 3 aromatic heterocycles. The molecule has 318 valence electrons. The molecule has 0 amide bonds. The van der Waals surface area contributed by atoms with Crippen LogP contribution >= 0.6 is 0 Å². The minimum absolute atomic E-state index is 0. The number of hydrogen-bond acceptors (Lipinski definition) is 5. The van der Waals surface area contributed by atoms with Gasteiger partial charge in [-0.1, -0.05) is 108 Å². The maximum Gasteiger partial charge on any atom is 2.00 e. The van der Waals surface area contributed by atoms with Crippen LogP contribution < -0.4 is 26.3 Å². The van der Waals surface area contributed by atoms with E-state index in [1.807, 2.05) is 25.2 Å². The van der Waals surface area contributed by atoms with Gasteiger partial charge in [-0.15, -0.1) is 11.0 Å².